The van der Waals surface area contributed by atoms with Gasteiger partial charge in [-0.15, -0.1) is 0 Å². The molecule has 0 heterocycles. The van der Waals surface area contributed by atoms with Gasteiger partial charge in [-0.25, -0.2) is 4.79 Å². The van der Waals surface area contributed by atoms with Crippen LogP contribution in [0.3, 0.4) is 0 Å². The van der Waals surface area contributed by atoms with Crippen molar-refractivity contribution >= 4 is 14.0 Å². The van der Waals surface area contributed by atoms with Crippen LogP contribution in [0.4, 0.5) is 0 Å². The third-order valence-electron chi connectivity index (χ3n) is 4.31. The molecule has 0 bridgehead atoms. The molecule has 0 spiro atoms. The molecule has 3 heteroatoms. The zero-order chi connectivity index (χ0) is 16.3. The Morgan fingerprint density at radius 1 is 1.29 bits per heavy atom. The van der Waals surface area contributed by atoms with Crippen molar-refractivity contribution in [3.63, 3.8) is 0 Å². The second-order valence-corrected chi connectivity index (χ2v) is 12.7. The van der Waals surface area contributed by atoms with Gasteiger partial charge < -0.3 is 4.74 Å². The molecule has 1 aliphatic rings. The van der Waals surface area contributed by atoms with Crippen molar-refractivity contribution in [2.45, 2.75) is 59.7 Å². The average Bonchev–Trinajstić information content (AvgIpc) is 2.34. The first-order chi connectivity index (χ1) is 9.58. The molecule has 0 amide bonds. The van der Waals surface area contributed by atoms with Gasteiger partial charge >= 0.3 is 5.97 Å². The average molecular weight is 307 g/mol. The molecular formula is C18H30O2Si. The SMILES string of the molecule is COC(=O)/C=C(/C=C/C1=C(C)CCCC1(C)C)[Si](C)(C)C. The molecule has 21 heavy (non-hydrogen) atoms. The minimum atomic E-state index is -1.57. The van der Waals surface area contributed by atoms with Crippen LogP contribution in [0.5, 0.6) is 0 Å². The van der Waals surface area contributed by atoms with Gasteiger partial charge in [0, 0.05) is 6.08 Å². The zero-order valence-corrected chi connectivity index (χ0v) is 15.7. The first-order valence-corrected chi connectivity index (χ1v) is 11.3. The van der Waals surface area contributed by atoms with E-state index in [1.165, 1.54) is 37.5 Å². The molecule has 0 saturated carbocycles. The molecule has 0 aromatic rings. The highest BCUT2D eigenvalue weighted by Gasteiger charge is 2.27. The summed E-state index contributed by atoms with van der Waals surface area (Å²) in [6.45, 7) is 13.6. The van der Waals surface area contributed by atoms with Crippen LogP contribution < -0.4 is 0 Å². The van der Waals surface area contributed by atoms with Crippen molar-refractivity contribution in [1.82, 2.24) is 0 Å². The lowest BCUT2D eigenvalue weighted by Crippen LogP contribution is -2.24. The summed E-state index contributed by atoms with van der Waals surface area (Å²) in [5.74, 6) is -0.259. The van der Waals surface area contributed by atoms with Gasteiger partial charge in [0.25, 0.3) is 0 Å². The molecule has 0 fully saturated rings. The second kappa shape index (κ2) is 6.78. The Balaban J connectivity index is 3.14. The lowest BCUT2D eigenvalue weighted by Gasteiger charge is -2.33. The molecule has 0 aromatic carbocycles. The molecule has 1 rings (SSSR count). The maximum Gasteiger partial charge on any atom is 0.330 e. The predicted molar refractivity (Wildman–Crippen MR) is 92.9 cm³/mol. The van der Waals surface area contributed by atoms with Crippen LogP contribution in [-0.2, 0) is 9.53 Å². The van der Waals surface area contributed by atoms with Crippen LogP contribution in [-0.4, -0.2) is 21.2 Å². The summed E-state index contributed by atoms with van der Waals surface area (Å²) in [6, 6.07) is 0. The molecule has 118 valence electrons. The van der Waals surface area contributed by atoms with Crippen LogP contribution in [0.25, 0.3) is 0 Å². The highest BCUT2D eigenvalue weighted by molar-refractivity contribution is 6.84. The minimum Gasteiger partial charge on any atom is -0.466 e. The number of carbonyl (C=O) groups excluding carboxylic acids is 1. The van der Waals surface area contributed by atoms with Crippen molar-refractivity contribution in [1.29, 1.82) is 0 Å². The zero-order valence-electron chi connectivity index (χ0n) is 14.7. The molecule has 0 atom stereocenters. The van der Waals surface area contributed by atoms with Crippen molar-refractivity contribution in [2.24, 2.45) is 5.41 Å². The van der Waals surface area contributed by atoms with Crippen LogP contribution >= 0.6 is 0 Å². The Labute approximate surface area is 131 Å². The summed E-state index contributed by atoms with van der Waals surface area (Å²) in [5, 5.41) is 1.14. The molecule has 2 nitrogen and oxygen atoms in total. The maximum atomic E-state index is 11.6. The summed E-state index contributed by atoms with van der Waals surface area (Å²) in [7, 11) is -0.136. The summed E-state index contributed by atoms with van der Waals surface area (Å²) in [4.78, 5) is 11.6. The van der Waals surface area contributed by atoms with Gasteiger partial charge in [0.1, 0.15) is 0 Å². The molecule has 1 aliphatic carbocycles. The van der Waals surface area contributed by atoms with Crippen molar-refractivity contribution < 1.29 is 9.53 Å². The number of hydrogen-bond acceptors (Lipinski definition) is 2. The van der Waals surface area contributed by atoms with E-state index in [9.17, 15) is 4.79 Å². The Morgan fingerprint density at radius 3 is 2.38 bits per heavy atom. The minimum absolute atomic E-state index is 0.231. The summed E-state index contributed by atoms with van der Waals surface area (Å²) in [5.41, 5.74) is 3.15. The van der Waals surface area contributed by atoms with Gasteiger partial charge in [-0.3, -0.25) is 0 Å². The largest absolute Gasteiger partial charge is 0.466 e. The van der Waals surface area contributed by atoms with Gasteiger partial charge in [0.2, 0.25) is 0 Å². The summed E-state index contributed by atoms with van der Waals surface area (Å²) >= 11 is 0. The Bertz CT molecular complexity index is 488. The number of rotatable bonds is 4. The van der Waals surface area contributed by atoms with E-state index in [-0.39, 0.29) is 11.4 Å². The smallest absolute Gasteiger partial charge is 0.330 e. The molecule has 0 aromatic heterocycles. The fourth-order valence-corrected chi connectivity index (χ4v) is 4.02. The van der Waals surface area contributed by atoms with Crippen LogP contribution in [0.15, 0.2) is 34.6 Å². The first-order valence-electron chi connectivity index (χ1n) is 7.76. The van der Waals surface area contributed by atoms with Crippen LogP contribution in [0.1, 0.15) is 40.0 Å². The Morgan fingerprint density at radius 2 is 1.90 bits per heavy atom. The fraction of sp³-hybridized carbons (Fsp3) is 0.611. The number of hydrogen-bond donors (Lipinski definition) is 0. The van der Waals surface area contributed by atoms with Crippen molar-refractivity contribution in [3.8, 4) is 0 Å². The number of allylic oxidation sites excluding steroid dienone is 5. The molecular weight excluding hydrogens is 276 g/mol. The van der Waals surface area contributed by atoms with E-state index in [1.54, 1.807) is 6.08 Å². The summed E-state index contributed by atoms with van der Waals surface area (Å²) in [6.07, 6.45) is 9.74. The molecule has 0 unspecified atom stereocenters. The highest BCUT2D eigenvalue weighted by atomic mass is 28.3. The lowest BCUT2D eigenvalue weighted by atomic mass is 9.72. The highest BCUT2D eigenvalue weighted by Crippen LogP contribution is 2.41. The number of carbonyl (C=O) groups is 1. The summed E-state index contributed by atoms with van der Waals surface area (Å²) < 4.78 is 4.79. The van der Waals surface area contributed by atoms with Crippen molar-refractivity contribution in [3.05, 3.63) is 34.6 Å². The van der Waals surface area contributed by atoms with Gasteiger partial charge in [0.05, 0.1) is 15.2 Å². The third-order valence-corrected chi connectivity index (χ3v) is 6.36. The van der Waals surface area contributed by atoms with Gasteiger partial charge in [-0.2, -0.15) is 0 Å². The Hall–Kier alpha value is -1.09. The lowest BCUT2D eigenvalue weighted by molar-refractivity contribution is -0.134. The predicted octanol–water partition coefficient (Wildman–Crippen LogP) is 5.05. The topological polar surface area (TPSA) is 26.3 Å². The normalized spacial score (nSPS) is 20.0. The standard InChI is InChI=1S/C18H30O2Si/c1-14-9-8-12-18(2,3)16(14)11-10-15(21(5,6)7)13-17(19)20-4/h10-11,13H,8-9,12H2,1-7H3/b11-10+,15-13-. The fourth-order valence-electron chi connectivity index (χ4n) is 2.88. The van der Waals surface area contributed by atoms with Crippen LogP contribution in [0, 0.1) is 5.41 Å². The Kier molecular flexibility index (Phi) is 5.80. The third kappa shape index (κ3) is 4.99. The second-order valence-electron chi connectivity index (χ2n) is 7.64. The number of methoxy groups -OCH3 is 1. The molecule has 0 radical (unpaired) electrons. The quantitative estimate of drug-likeness (QED) is 0.314. The van der Waals surface area contributed by atoms with Gasteiger partial charge in [-0.05, 0) is 37.2 Å². The van der Waals surface area contributed by atoms with E-state index < -0.39 is 8.07 Å². The molecule has 0 aliphatic heterocycles. The van der Waals surface area contributed by atoms with E-state index in [2.05, 4.69) is 52.6 Å². The molecule has 0 saturated heterocycles. The number of esters is 1. The number of ether oxygens (including phenoxy) is 1. The van der Waals surface area contributed by atoms with E-state index >= 15 is 0 Å². The van der Waals surface area contributed by atoms with Gasteiger partial charge in [-0.1, -0.05) is 56.4 Å². The van der Waals surface area contributed by atoms with E-state index in [4.69, 9.17) is 4.74 Å². The van der Waals surface area contributed by atoms with E-state index in [0.717, 1.165) is 5.20 Å². The first kappa shape index (κ1) is 18.0. The van der Waals surface area contributed by atoms with E-state index in [0.29, 0.717) is 0 Å². The van der Waals surface area contributed by atoms with Gasteiger partial charge in [0.15, 0.2) is 0 Å². The van der Waals surface area contributed by atoms with Crippen LogP contribution in [0.2, 0.25) is 19.6 Å². The van der Waals surface area contributed by atoms with E-state index in [1.807, 2.05) is 0 Å². The van der Waals surface area contributed by atoms with Crippen molar-refractivity contribution in [2.75, 3.05) is 7.11 Å². The monoisotopic (exact) mass is 306 g/mol. The maximum absolute atomic E-state index is 11.6. The molecule has 0 N–H and O–H groups in total.